The number of rotatable bonds is 4. The summed E-state index contributed by atoms with van der Waals surface area (Å²) in [5.41, 5.74) is 2.62. The fraction of sp³-hybridized carbons (Fsp3) is 0.0588. The van der Waals surface area contributed by atoms with E-state index in [0.717, 1.165) is 11.1 Å². The van der Waals surface area contributed by atoms with Crippen molar-refractivity contribution in [3.63, 3.8) is 0 Å². The van der Waals surface area contributed by atoms with E-state index in [9.17, 15) is 4.79 Å². The molecule has 0 bridgehead atoms. The van der Waals surface area contributed by atoms with Crippen molar-refractivity contribution in [1.29, 1.82) is 0 Å². The molecule has 2 aromatic rings. The van der Waals surface area contributed by atoms with Crippen molar-refractivity contribution in [2.45, 2.75) is 6.92 Å². The maximum atomic E-state index is 11.8. The summed E-state index contributed by atoms with van der Waals surface area (Å²) in [6.07, 6.45) is 0. The van der Waals surface area contributed by atoms with Crippen molar-refractivity contribution >= 4 is 11.7 Å². The first-order valence-electron chi connectivity index (χ1n) is 6.24. The van der Waals surface area contributed by atoms with Crippen LogP contribution >= 0.6 is 0 Å². The zero-order chi connectivity index (χ0) is 14.4. The molecule has 0 saturated heterocycles. The summed E-state index contributed by atoms with van der Waals surface area (Å²) in [6, 6.07) is 18.2. The number of benzene rings is 2. The van der Waals surface area contributed by atoms with Gasteiger partial charge in [-0.1, -0.05) is 60.3 Å². The van der Waals surface area contributed by atoms with E-state index in [1.807, 2.05) is 43.3 Å². The Balaban J connectivity index is 2.19. The van der Waals surface area contributed by atoms with E-state index < -0.39 is 5.97 Å². The van der Waals surface area contributed by atoms with Crippen molar-refractivity contribution in [2.24, 2.45) is 5.16 Å². The Morgan fingerprint density at radius 2 is 1.45 bits per heavy atom. The Labute approximate surface area is 118 Å². The first-order valence-corrected chi connectivity index (χ1v) is 6.24. The largest absolute Gasteiger partial charge is 0.365 e. The molecule has 0 radical (unpaired) electrons. The zero-order valence-electron chi connectivity index (χ0n) is 11.2. The second kappa shape index (κ2) is 6.48. The molecule has 100 valence electrons. The Morgan fingerprint density at radius 3 is 1.95 bits per heavy atom. The van der Waals surface area contributed by atoms with Gasteiger partial charge in [0.25, 0.3) is 0 Å². The molecule has 2 aromatic carbocycles. The third-order valence-corrected chi connectivity index (χ3v) is 2.68. The number of carbonyl (C=O) groups excluding carboxylic acids is 1. The number of allylic oxidation sites excluding steroid dienone is 1. The van der Waals surface area contributed by atoms with Crippen LogP contribution in [0.4, 0.5) is 0 Å². The van der Waals surface area contributed by atoms with Gasteiger partial charge in [-0.15, -0.1) is 0 Å². The van der Waals surface area contributed by atoms with Gasteiger partial charge in [-0.3, -0.25) is 0 Å². The average molecular weight is 265 g/mol. The highest BCUT2D eigenvalue weighted by Crippen LogP contribution is 2.09. The molecule has 20 heavy (non-hydrogen) atoms. The van der Waals surface area contributed by atoms with Crippen molar-refractivity contribution in [3.05, 3.63) is 83.9 Å². The molecule has 0 atom stereocenters. The van der Waals surface area contributed by atoms with E-state index in [1.165, 1.54) is 0 Å². The molecule has 2 rings (SSSR count). The number of oxime groups is 1. The smallest absolute Gasteiger partial charge is 0.312 e. The summed E-state index contributed by atoms with van der Waals surface area (Å²) in [5, 5.41) is 3.94. The SMILES string of the molecule is C=C(C)/C(=N\OC(=O)c1ccccc1)c1ccccc1. The molecule has 3 heteroatoms. The molecule has 0 aromatic heterocycles. The molecule has 3 nitrogen and oxygen atoms in total. The molecule has 0 fully saturated rings. The summed E-state index contributed by atoms with van der Waals surface area (Å²) in [4.78, 5) is 16.8. The zero-order valence-corrected chi connectivity index (χ0v) is 11.2. The Hall–Kier alpha value is -2.68. The molecule has 0 spiro atoms. The third kappa shape index (κ3) is 3.42. The van der Waals surface area contributed by atoms with Crippen LogP contribution in [0.3, 0.4) is 0 Å². The second-order valence-corrected chi connectivity index (χ2v) is 4.33. The molecule has 0 aliphatic carbocycles. The number of nitrogens with zero attached hydrogens (tertiary/aromatic N) is 1. The topological polar surface area (TPSA) is 38.7 Å². The summed E-state index contributed by atoms with van der Waals surface area (Å²) < 4.78 is 0. The van der Waals surface area contributed by atoms with Crippen LogP contribution in [-0.2, 0) is 4.84 Å². The van der Waals surface area contributed by atoms with Gasteiger partial charge < -0.3 is 4.84 Å². The first-order chi connectivity index (χ1) is 9.68. The van der Waals surface area contributed by atoms with Crippen LogP contribution in [0.2, 0.25) is 0 Å². The van der Waals surface area contributed by atoms with E-state index in [-0.39, 0.29) is 0 Å². The van der Waals surface area contributed by atoms with Gasteiger partial charge in [-0.2, -0.15) is 0 Å². The first kappa shape index (κ1) is 13.7. The lowest BCUT2D eigenvalue weighted by Crippen LogP contribution is -2.07. The van der Waals surface area contributed by atoms with Crippen LogP contribution in [0.15, 0.2) is 78.0 Å². The van der Waals surface area contributed by atoms with Crippen molar-refractivity contribution in [3.8, 4) is 0 Å². The minimum atomic E-state index is -0.486. The predicted molar refractivity (Wildman–Crippen MR) is 79.7 cm³/mol. The van der Waals surface area contributed by atoms with Gasteiger partial charge in [-0.05, 0) is 24.6 Å². The fourth-order valence-corrected chi connectivity index (χ4v) is 1.69. The molecule has 0 aliphatic rings. The van der Waals surface area contributed by atoms with Gasteiger partial charge in [0.2, 0.25) is 0 Å². The lowest BCUT2D eigenvalue weighted by atomic mass is 10.1. The van der Waals surface area contributed by atoms with Gasteiger partial charge in [0, 0.05) is 5.56 Å². The van der Waals surface area contributed by atoms with Gasteiger partial charge in [-0.25, -0.2) is 4.79 Å². The maximum Gasteiger partial charge on any atom is 0.365 e. The Morgan fingerprint density at radius 1 is 0.950 bits per heavy atom. The quantitative estimate of drug-likeness (QED) is 0.479. The normalized spacial score (nSPS) is 10.9. The number of carbonyl (C=O) groups is 1. The minimum Gasteiger partial charge on any atom is -0.312 e. The summed E-state index contributed by atoms with van der Waals surface area (Å²) in [6.45, 7) is 5.68. The van der Waals surface area contributed by atoms with E-state index in [2.05, 4.69) is 11.7 Å². The molecule has 0 amide bonds. The van der Waals surface area contributed by atoms with Gasteiger partial charge in [0.05, 0.1) is 5.56 Å². The highest BCUT2D eigenvalue weighted by Gasteiger charge is 2.09. The molecular formula is C17H15NO2. The monoisotopic (exact) mass is 265 g/mol. The van der Waals surface area contributed by atoms with Crippen molar-refractivity contribution in [2.75, 3.05) is 0 Å². The number of hydrogen-bond donors (Lipinski definition) is 0. The molecular weight excluding hydrogens is 250 g/mol. The van der Waals surface area contributed by atoms with Crippen LogP contribution in [-0.4, -0.2) is 11.7 Å². The van der Waals surface area contributed by atoms with E-state index >= 15 is 0 Å². The number of hydrogen-bond acceptors (Lipinski definition) is 3. The Bertz CT molecular complexity index is 631. The minimum absolute atomic E-state index is 0.463. The summed E-state index contributed by atoms with van der Waals surface area (Å²) in [7, 11) is 0. The fourth-order valence-electron chi connectivity index (χ4n) is 1.69. The van der Waals surface area contributed by atoms with Crippen molar-refractivity contribution in [1.82, 2.24) is 0 Å². The lowest BCUT2D eigenvalue weighted by molar-refractivity contribution is 0.0517. The van der Waals surface area contributed by atoms with Crippen LogP contribution in [0, 0.1) is 0 Å². The Kier molecular flexibility index (Phi) is 4.45. The van der Waals surface area contributed by atoms with Crippen molar-refractivity contribution < 1.29 is 9.63 Å². The maximum absolute atomic E-state index is 11.8. The highest BCUT2D eigenvalue weighted by molar-refractivity contribution is 6.11. The van der Waals surface area contributed by atoms with Crippen LogP contribution in [0.1, 0.15) is 22.8 Å². The molecule has 0 aliphatic heterocycles. The van der Waals surface area contributed by atoms with Crippen LogP contribution < -0.4 is 0 Å². The van der Waals surface area contributed by atoms with Crippen LogP contribution in [0.25, 0.3) is 0 Å². The highest BCUT2D eigenvalue weighted by atomic mass is 16.7. The van der Waals surface area contributed by atoms with E-state index in [4.69, 9.17) is 4.84 Å². The lowest BCUT2D eigenvalue weighted by Gasteiger charge is -2.05. The van der Waals surface area contributed by atoms with Gasteiger partial charge in [0.15, 0.2) is 0 Å². The van der Waals surface area contributed by atoms with E-state index in [0.29, 0.717) is 11.3 Å². The molecule has 0 saturated carbocycles. The summed E-state index contributed by atoms with van der Waals surface area (Å²) >= 11 is 0. The molecule has 0 N–H and O–H groups in total. The van der Waals surface area contributed by atoms with Crippen LogP contribution in [0.5, 0.6) is 0 Å². The third-order valence-electron chi connectivity index (χ3n) is 2.68. The predicted octanol–water partition coefficient (Wildman–Crippen LogP) is 3.82. The standard InChI is InChI=1S/C17H15NO2/c1-13(2)16(14-9-5-3-6-10-14)18-20-17(19)15-11-7-4-8-12-15/h3-12H,1H2,2H3/b18-16+. The van der Waals surface area contributed by atoms with Gasteiger partial charge >= 0.3 is 5.97 Å². The summed E-state index contributed by atoms with van der Waals surface area (Å²) in [5.74, 6) is -0.486. The van der Waals surface area contributed by atoms with E-state index in [1.54, 1.807) is 24.3 Å². The molecule has 0 heterocycles. The average Bonchev–Trinajstić information content (AvgIpc) is 2.49. The molecule has 0 unspecified atom stereocenters. The van der Waals surface area contributed by atoms with Gasteiger partial charge in [0.1, 0.15) is 5.71 Å². The second-order valence-electron chi connectivity index (χ2n) is 4.33.